The first-order chi connectivity index (χ1) is 15.2. The molecule has 0 amide bonds. The summed E-state index contributed by atoms with van der Waals surface area (Å²) in [6.07, 6.45) is 8.23. The van der Waals surface area contributed by atoms with Crippen molar-refractivity contribution in [3.63, 3.8) is 0 Å². The minimum absolute atomic E-state index is 0.540. The van der Waals surface area contributed by atoms with Crippen molar-refractivity contribution >= 4 is 17.5 Å². The van der Waals surface area contributed by atoms with Crippen molar-refractivity contribution in [2.24, 2.45) is 17.8 Å². The molecule has 2 aromatic heterocycles. The smallest absolute Gasteiger partial charge is 0.247 e. The van der Waals surface area contributed by atoms with Crippen LogP contribution in [0.15, 0.2) is 41.1 Å². The van der Waals surface area contributed by atoms with Gasteiger partial charge in [-0.05, 0) is 67.7 Å². The van der Waals surface area contributed by atoms with Gasteiger partial charge in [-0.25, -0.2) is 9.97 Å². The van der Waals surface area contributed by atoms with Crippen LogP contribution in [0.25, 0.3) is 11.5 Å². The van der Waals surface area contributed by atoms with E-state index in [1.807, 2.05) is 24.3 Å². The molecule has 0 spiro atoms. The van der Waals surface area contributed by atoms with Crippen LogP contribution in [0.1, 0.15) is 31.6 Å². The molecule has 3 heterocycles. The zero-order valence-corrected chi connectivity index (χ0v) is 18.3. The molecule has 2 aliphatic rings. The number of nitrogens with zero attached hydrogens (tertiary/aromatic N) is 5. The number of benzene rings is 1. The standard InChI is InChI=1S/C23H26ClN5O2/c1-15-27-28-22(31-15)17-2-4-20(5-3-17)30-11-8-18-12-21(18)16-6-9-29(10-7-16)23-25-13-19(24)14-26-23/h2-5,13-14,16,18,21H,6-12H2,1H3. The van der Waals surface area contributed by atoms with E-state index < -0.39 is 0 Å². The maximum atomic E-state index is 5.97. The molecule has 31 heavy (non-hydrogen) atoms. The van der Waals surface area contributed by atoms with Gasteiger partial charge in [-0.3, -0.25) is 0 Å². The monoisotopic (exact) mass is 439 g/mol. The molecule has 0 radical (unpaired) electrons. The van der Waals surface area contributed by atoms with E-state index in [-0.39, 0.29) is 0 Å². The summed E-state index contributed by atoms with van der Waals surface area (Å²) < 4.78 is 11.4. The summed E-state index contributed by atoms with van der Waals surface area (Å²) in [5, 5.41) is 8.50. The molecule has 1 saturated carbocycles. The lowest BCUT2D eigenvalue weighted by molar-refractivity contribution is 0.284. The number of hydrogen-bond acceptors (Lipinski definition) is 7. The quantitative estimate of drug-likeness (QED) is 0.522. The van der Waals surface area contributed by atoms with E-state index in [4.69, 9.17) is 20.8 Å². The Morgan fingerprint density at radius 3 is 2.52 bits per heavy atom. The molecule has 3 aromatic rings. The zero-order valence-electron chi connectivity index (χ0n) is 17.6. The molecule has 0 N–H and O–H groups in total. The van der Waals surface area contributed by atoms with E-state index in [2.05, 4.69) is 25.1 Å². The summed E-state index contributed by atoms with van der Waals surface area (Å²) in [6, 6.07) is 7.85. The van der Waals surface area contributed by atoms with E-state index in [0.29, 0.717) is 16.8 Å². The number of hydrogen-bond donors (Lipinski definition) is 0. The van der Waals surface area contributed by atoms with Crippen molar-refractivity contribution in [3.8, 4) is 17.2 Å². The summed E-state index contributed by atoms with van der Waals surface area (Å²) in [5.74, 6) is 5.24. The second kappa shape index (κ2) is 8.83. The number of piperidine rings is 1. The van der Waals surface area contributed by atoms with Gasteiger partial charge in [0.05, 0.1) is 24.0 Å². The number of halogens is 1. The summed E-state index contributed by atoms with van der Waals surface area (Å²) in [7, 11) is 0. The molecular weight excluding hydrogens is 414 g/mol. The van der Waals surface area contributed by atoms with Crippen LogP contribution in [0.4, 0.5) is 5.95 Å². The number of ether oxygens (including phenoxy) is 1. The van der Waals surface area contributed by atoms with Crippen LogP contribution >= 0.6 is 11.6 Å². The van der Waals surface area contributed by atoms with Gasteiger partial charge in [-0.1, -0.05) is 11.6 Å². The van der Waals surface area contributed by atoms with E-state index in [1.54, 1.807) is 19.3 Å². The summed E-state index contributed by atoms with van der Waals surface area (Å²) in [5.41, 5.74) is 0.908. The third-order valence-electron chi connectivity index (χ3n) is 6.40. The first-order valence-corrected chi connectivity index (χ1v) is 11.3. The molecule has 2 unspecified atom stereocenters. The lowest BCUT2D eigenvalue weighted by Crippen LogP contribution is -2.35. The molecule has 5 rings (SSSR count). The van der Waals surface area contributed by atoms with Crippen LogP contribution in [-0.2, 0) is 0 Å². The largest absolute Gasteiger partial charge is 0.494 e. The Kier molecular flexibility index (Phi) is 5.76. The van der Waals surface area contributed by atoms with Gasteiger partial charge in [0.25, 0.3) is 0 Å². The van der Waals surface area contributed by atoms with Crippen molar-refractivity contribution in [2.75, 3.05) is 24.6 Å². The predicted molar refractivity (Wildman–Crippen MR) is 118 cm³/mol. The van der Waals surface area contributed by atoms with Crippen LogP contribution in [0.3, 0.4) is 0 Å². The Balaban J connectivity index is 1.03. The van der Waals surface area contributed by atoms with Gasteiger partial charge < -0.3 is 14.1 Å². The van der Waals surface area contributed by atoms with Crippen LogP contribution in [0.5, 0.6) is 5.75 Å². The Hall–Kier alpha value is -2.67. The van der Waals surface area contributed by atoms with E-state index >= 15 is 0 Å². The average molecular weight is 440 g/mol. The highest BCUT2D eigenvalue weighted by Gasteiger charge is 2.43. The average Bonchev–Trinajstić information content (AvgIpc) is 3.44. The van der Waals surface area contributed by atoms with E-state index in [0.717, 1.165) is 61.1 Å². The summed E-state index contributed by atoms with van der Waals surface area (Å²) >= 11 is 5.89. The number of aryl methyl sites for hydroxylation is 1. The third-order valence-corrected chi connectivity index (χ3v) is 6.59. The number of anilines is 1. The molecule has 8 heteroatoms. The zero-order chi connectivity index (χ0) is 21.2. The molecule has 2 fully saturated rings. The SMILES string of the molecule is Cc1nnc(-c2ccc(OCCC3CC3C3CCN(c4ncc(Cl)cn4)CC3)cc2)o1. The summed E-state index contributed by atoms with van der Waals surface area (Å²) in [4.78, 5) is 11.0. The van der Waals surface area contributed by atoms with Crippen molar-refractivity contribution in [3.05, 3.63) is 47.6 Å². The molecular formula is C23H26ClN5O2. The lowest BCUT2D eigenvalue weighted by atomic mass is 9.90. The van der Waals surface area contributed by atoms with Crippen LogP contribution in [0.2, 0.25) is 5.02 Å². The molecule has 1 aromatic carbocycles. The van der Waals surface area contributed by atoms with Crippen molar-refractivity contribution < 1.29 is 9.15 Å². The molecule has 1 aliphatic heterocycles. The highest BCUT2D eigenvalue weighted by Crippen LogP contribution is 2.49. The minimum Gasteiger partial charge on any atom is -0.494 e. The lowest BCUT2D eigenvalue weighted by Gasteiger charge is -2.32. The Morgan fingerprint density at radius 1 is 1.10 bits per heavy atom. The Bertz CT molecular complexity index is 1000. The first kappa shape index (κ1) is 20.2. The van der Waals surface area contributed by atoms with Gasteiger partial charge >= 0.3 is 0 Å². The molecule has 7 nitrogen and oxygen atoms in total. The minimum atomic E-state index is 0.540. The van der Waals surface area contributed by atoms with Crippen LogP contribution in [0, 0.1) is 24.7 Å². The maximum Gasteiger partial charge on any atom is 0.247 e. The number of rotatable bonds is 7. The Morgan fingerprint density at radius 2 is 1.84 bits per heavy atom. The van der Waals surface area contributed by atoms with Gasteiger partial charge in [0.2, 0.25) is 17.7 Å². The molecule has 2 atom stereocenters. The predicted octanol–water partition coefficient (Wildman–Crippen LogP) is 4.81. The molecule has 0 bridgehead atoms. The molecule has 1 saturated heterocycles. The second-order valence-corrected chi connectivity index (χ2v) is 8.91. The van der Waals surface area contributed by atoms with Crippen molar-refractivity contribution in [1.29, 1.82) is 0 Å². The highest BCUT2D eigenvalue weighted by molar-refractivity contribution is 6.30. The van der Waals surface area contributed by atoms with Crippen molar-refractivity contribution in [1.82, 2.24) is 20.2 Å². The fourth-order valence-electron chi connectivity index (χ4n) is 4.61. The van der Waals surface area contributed by atoms with Crippen molar-refractivity contribution in [2.45, 2.75) is 32.6 Å². The van der Waals surface area contributed by atoms with E-state index in [1.165, 1.54) is 19.3 Å². The normalized spacial score (nSPS) is 21.3. The highest BCUT2D eigenvalue weighted by atomic mass is 35.5. The van der Waals surface area contributed by atoms with Crippen LogP contribution < -0.4 is 9.64 Å². The van der Waals surface area contributed by atoms with Gasteiger partial charge in [0.15, 0.2) is 0 Å². The van der Waals surface area contributed by atoms with Gasteiger partial charge in [0.1, 0.15) is 5.75 Å². The second-order valence-electron chi connectivity index (χ2n) is 8.47. The fraction of sp³-hybridized carbons (Fsp3) is 0.478. The van der Waals surface area contributed by atoms with Gasteiger partial charge in [-0.15, -0.1) is 10.2 Å². The topological polar surface area (TPSA) is 77.2 Å². The Labute approximate surface area is 186 Å². The van der Waals surface area contributed by atoms with Gasteiger partial charge in [0, 0.05) is 25.6 Å². The van der Waals surface area contributed by atoms with E-state index in [9.17, 15) is 0 Å². The van der Waals surface area contributed by atoms with Crippen LogP contribution in [-0.4, -0.2) is 39.9 Å². The fourth-order valence-corrected chi connectivity index (χ4v) is 4.71. The molecule has 162 valence electrons. The summed E-state index contributed by atoms with van der Waals surface area (Å²) in [6.45, 7) is 4.60. The molecule has 1 aliphatic carbocycles. The first-order valence-electron chi connectivity index (χ1n) is 10.9. The van der Waals surface area contributed by atoms with Gasteiger partial charge in [-0.2, -0.15) is 0 Å². The number of aromatic nitrogens is 4. The maximum absolute atomic E-state index is 5.97. The third kappa shape index (κ3) is 4.82.